The summed E-state index contributed by atoms with van der Waals surface area (Å²) in [5.74, 6) is 0. The molecule has 0 spiro atoms. The summed E-state index contributed by atoms with van der Waals surface area (Å²) < 4.78 is 0. The number of nitrogens with one attached hydrogen (secondary N) is 2. The van der Waals surface area contributed by atoms with Crippen LogP contribution in [0.1, 0.15) is 43.5 Å². The Bertz CT molecular complexity index is 312. The zero-order chi connectivity index (χ0) is 12.2. The molecular formula is C13H24N2S. The Morgan fingerprint density at radius 1 is 1.25 bits per heavy atom. The minimum atomic E-state index is 0.213. The fourth-order valence-electron chi connectivity index (χ4n) is 1.51. The summed E-state index contributed by atoms with van der Waals surface area (Å²) in [5, 5.41) is 7.01. The lowest BCUT2D eigenvalue weighted by molar-refractivity contribution is 0.415. The second-order valence-corrected chi connectivity index (χ2v) is 6.62. The van der Waals surface area contributed by atoms with Crippen molar-refractivity contribution in [3.05, 3.63) is 21.9 Å². The Morgan fingerprint density at radius 3 is 2.44 bits per heavy atom. The highest BCUT2D eigenvalue weighted by Gasteiger charge is 2.09. The van der Waals surface area contributed by atoms with Crippen LogP contribution in [0.3, 0.4) is 0 Å². The minimum absolute atomic E-state index is 0.213. The largest absolute Gasteiger partial charge is 0.311 e. The van der Waals surface area contributed by atoms with Crippen LogP contribution in [0.2, 0.25) is 0 Å². The summed E-state index contributed by atoms with van der Waals surface area (Å²) >= 11 is 1.88. The maximum absolute atomic E-state index is 3.53. The van der Waals surface area contributed by atoms with Crippen molar-refractivity contribution >= 4 is 11.3 Å². The molecule has 2 N–H and O–H groups in total. The summed E-state index contributed by atoms with van der Waals surface area (Å²) in [4.78, 5) is 2.81. The van der Waals surface area contributed by atoms with Crippen molar-refractivity contribution in [3.8, 4) is 0 Å². The van der Waals surface area contributed by atoms with Crippen molar-refractivity contribution in [1.29, 1.82) is 0 Å². The molecule has 16 heavy (non-hydrogen) atoms. The molecule has 1 aromatic rings. The number of aryl methyl sites for hydroxylation is 1. The van der Waals surface area contributed by atoms with Crippen LogP contribution < -0.4 is 10.6 Å². The Hall–Kier alpha value is -0.380. The van der Waals surface area contributed by atoms with Gasteiger partial charge >= 0.3 is 0 Å². The van der Waals surface area contributed by atoms with Gasteiger partial charge in [-0.25, -0.2) is 0 Å². The zero-order valence-electron chi connectivity index (χ0n) is 11.1. The van der Waals surface area contributed by atoms with Crippen LogP contribution in [0.4, 0.5) is 0 Å². The predicted molar refractivity (Wildman–Crippen MR) is 73.2 cm³/mol. The molecule has 1 heterocycles. The summed E-state index contributed by atoms with van der Waals surface area (Å²) in [6.07, 6.45) is 0. The van der Waals surface area contributed by atoms with Gasteiger partial charge in [0.05, 0.1) is 0 Å². The molecule has 1 unspecified atom stereocenters. The van der Waals surface area contributed by atoms with E-state index < -0.39 is 0 Å². The lowest BCUT2D eigenvalue weighted by atomic mass is 10.1. The number of hydrogen-bond donors (Lipinski definition) is 2. The molecule has 1 atom stereocenters. The molecule has 0 fully saturated rings. The van der Waals surface area contributed by atoms with E-state index in [-0.39, 0.29) is 5.54 Å². The van der Waals surface area contributed by atoms with Crippen molar-refractivity contribution in [3.63, 3.8) is 0 Å². The van der Waals surface area contributed by atoms with E-state index in [1.165, 1.54) is 9.75 Å². The molecule has 0 saturated heterocycles. The van der Waals surface area contributed by atoms with Crippen LogP contribution >= 0.6 is 11.3 Å². The molecule has 3 heteroatoms. The third-order valence-corrected chi connectivity index (χ3v) is 3.60. The predicted octanol–water partition coefficient (Wildman–Crippen LogP) is 3.10. The lowest BCUT2D eigenvalue weighted by Gasteiger charge is -2.21. The Morgan fingerprint density at radius 2 is 1.94 bits per heavy atom. The van der Waals surface area contributed by atoms with Gasteiger partial charge in [-0.1, -0.05) is 0 Å². The topological polar surface area (TPSA) is 24.1 Å². The Labute approximate surface area is 103 Å². The van der Waals surface area contributed by atoms with Gasteiger partial charge in [0, 0.05) is 34.4 Å². The SMILES string of the molecule is Cc1ccc(C(C)NCCNC(C)(C)C)s1. The molecule has 0 saturated carbocycles. The van der Waals surface area contributed by atoms with Crippen molar-refractivity contribution in [2.45, 2.75) is 46.2 Å². The Balaban J connectivity index is 2.23. The Kier molecular flexibility index (Phi) is 4.96. The first-order valence-electron chi connectivity index (χ1n) is 5.93. The highest BCUT2D eigenvalue weighted by atomic mass is 32.1. The number of thiophene rings is 1. The number of rotatable bonds is 5. The van der Waals surface area contributed by atoms with Gasteiger partial charge in [0.15, 0.2) is 0 Å². The maximum Gasteiger partial charge on any atom is 0.0386 e. The van der Waals surface area contributed by atoms with Crippen molar-refractivity contribution < 1.29 is 0 Å². The highest BCUT2D eigenvalue weighted by Crippen LogP contribution is 2.21. The summed E-state index contributed by atoms with van der Waals surface area (Å²) in [6, 6.07) is 4.86. The molecule has 0 radical (unpaired) electrons. The standard InChI is InChI=1S/C13H24N2S/c1-10-6-7-12(16-10)11(2)14-8-9-15-13(3,4)5/h6-7,11,14-15H,8-9H2,1-5H3. The van der Waals surface area contributed by atoms with Gasteiger partial charge in [-0.3, -0.25) is 0 Å². The van der Waals surface area contributed by atoms with Crippen LogP contribution in [0.5, 0.6) is 0 Å². The number of hydrogen-bond acceptors (Lipinski definition) is 3. The molecule has 92 valence electrons. The van der Waals surface area contributed by atoms with Crippen molar-refractivity contribution in [2.24, 2.45) is 0 Å². The molecule has 0 aliphatic heterocycles. The van der Waals surface area contributed by atoms with Gasteiger partial charge in [-0.05, 0) is 46.8 Å². The molecular weight excluding hydrogens is 216 g/mol. The first-order valence-corrected chi connectivity index (χ1v) is 6.75. The van der Waals surface area contributed by atoms with E-state index in [2.05, 4.69) is 57.4 Å². The molecule has 2 nitrogen and oxygen atoms in total. The van der Waals surface area contributed by atoms with Crippen LogP contribution in [0.15, 0.2) is 12.1 Å². The third kappa shape index (κ3) is 5.10. The third-order valence-electron chi connectivity index (χ3n) is 2.42. The van der Waals surface area contributed by atoms with Crippen LogP contribution in [-0.4, -0.2) is 18.6 Å². The van der Waals surface area contributed by atoms with E-state index in [1.807, 2.05) is 11.3 Å². The van der Waals surface area contributed by atoms with Crippen LogP contribution in [0.25, 0.3) is 0 Å². The molecule has 0 amide bonds. The first-order chi connectivity index (χ1) is 7.38. The van der Waals surface area contributed by atoms with Crippen LogP contribution in [-0.2, 0) is 0 Å². The van der Waals surface area contributed by atoms with Gasteiger partial charge in [-0.2, -0.15) is 0 Å². The van der Waals surface area contributed by atoms with Gasteiger partial charge in [0.1, 0.15) is 0 Å². The van der Waals surface area contributed by atoms with E-state index in [9.17, 15) is 0 Å². The molecule has 1 aromatic heterocycles. The fourth-order valence-corrected chi connectivity index (χ4v) is 2.42. The second kappa shape index (κ2) is 5.80. The summed E-state index contributed by atoms with van der Waals surface area (Å²) in [7, 11) is 0. The molecule has 0 aliphatic carbocycles. The molecule has 0 bridgehead atoms. The quantitative estimate of drug-likeness (QED) is 0.773. The molecule has 0 aliphatic rings. The van der Waals surface area contributed by atoms with E-state index >= 15 is 0 Å². The van der Waals surface area contributed by atoms with E-state index in [4.69, 9.17) is 0 Å². The average Bonchev–Trinajstić information content (AvgIpc) is 2.57. The van der Waals surface area contributed by atoms with Crippen molar-refractivity contribution in [2.75, 3.05) is 13.1 Å². The van der Waals surface area contributed by atoms with E-state index in [1.54, 1.807) is 0 Å². The van der Waals surface area contributed by atoms with Crippen molar-refractivity contribution in [1.82, 2.24) is 10.6 Å². The normalized spacial score (nSPS) is 14.1. The smallest absolute Gasteiger partial charge is 0.0386 e. The van der Waals surface area contributed by atoms with Crippen LogP contribution in [0, 0.1) is 6.92 Å². The maximum atomic E-state index is 3.53. The van der Waals surface area contributed by atoms with E-state index in [0.29, 0.717) is 6.04 Å². The van der Waals surface area contributed by atoms with Gasteiger partial charge in [0.2, 0.25) is 0 Å². The monoisotopic (exact) mass is 240 g/mol. The van der Waals surface area contributed by atoms with Gasteiger partial charge in [-0.15, -0.1) is 11.3 Å². The molecule has 0 aromatic carbocycles. The minimum Gasteiger partial charge on any atom is -0.311 e. The zero-order valence-corrected chi connectivity index (χ0v) is 11.9. The summed E-state index contributed by atoms with van der Waals surface area (Å²) in [5.41, 5.74) is 0.213. The summed E-state index contributed by atoms with van der Waals surface area (Å²) in [6.45, 7) is 13.0. The fraction of sp³-hybridized carbons (Fsp3) is 0.692. The molecule has 1 rings (SSSR count). The second-order valence-electron chi connectivity index (χ2n) is 5.30. The van der Waals surface area contributed by atoms with E-state index in [0.717, 1.165) is 13.1 Å². The van der Waals surface area contributed by atoms with Gasteiger partial charge < -0.3 is 10.6 Å². The van der Waals surface area contributed by atoms with Gasteiger partial charge in [0.25, 0.3) is 0 Å². The average molecular weight is 240 g/mol. The lowest BCUT2D eigenvalue weighted by Crippen LogP contribution is -2.40. The first kappa shape index (κ1) is 13.7. The highest BCUT2D eigenvalue weighted by molar-refractivity contribution is 7.12.